The van der Waals surface area contributed by atoms with Crippen molar-refractivity contribution in [2.45, 2.75) is 49.6 Å². The summed E-state index contributed by atoms with van der Waals surface area (Å²) in [5.41, 5.74) is 0.868. The molecule has 0 unspecified atom stereocenters. The van der Waals surface area contributed by atoms with E-state index >= 15 is 0 Å². The highest BCUT2D eigenvalue weighted by Gasteiger charge is 2.37. The Morgan fingerprint density at radius 3 is 2.34 bits per heavy atom. The number of carbonyl (C=O) groups is 1. The topological polar surface area (TPSA) is 72.9 Å². The summed E-state index contributed by atoms with van der Waals surface area (Å²) < 4.78 is 35.5. The summed E-state index contributed by atoms with van der Waals surface area (Å²) in [6.45, 7) is 0.486. The predicted octanol–water partition coefficient (Wildman–Crippen LogP) is 3.75. The summed E-state index contributed by atoms with van der Waals surface area (Å²) in [7, 11) is -2.43. The van der Waals surface area contributed by atoms with Crippen molar-refractivity contribution < 1.29 is 22.1 Å². The Morgan fingerprint density at radius 2 is 1.76 bits per heavy atom. The van der Waals surface area contributed by atoms with Crippen LogP contribution in [0.1, 0.15) is 37.7 Å². The molecular formula is C22H25NO5S. The largest absolute Gasteiger partial charge is 0.497 e. The third-order valence-electron chi connectivity index (χ3n) is 5.53. The van der Waals surface area contributed by atoms with Crippen LogP contribution in [0, 0.1) is 5.92 Å². The number of ether oxygens (including phenoxy) is 1. The van der Waals surface area contributed by atoms with Crippen molar-refractivity contribution >= 4 is 16.0 Å². The third kappa shape index (κ3) is 4.56. The standard InChI is InChI=1S/C22H25NO5S/c1-27-19-10-12-21(13-11-19)29(25,26)28-20-7-2-4-16(14-20)15-23(18-8-9-18)22(24)17-5-3-6-17/h2,4,7,10-14,17-18H,3,5-6,8-9,15H2,1H3. The minimum absolute atomic E-state index is 0.0588. The summed E-state index contributed by atoms with van der Waals surface area (Å²) in [5, 5.41) is 0. The molecule has 7 heteroatoms. The molecule has 0 bridgehead atoms. The van der Waals surface area contributed by atoms with Crippen LogP contribution in [0.2, 0.25) is 0 Å². The predicted molar refractivity (Wildman–Crippen MR) is 108 cm³/mol. The molecule has 29 heavy (non-hydrogen) atoms. The van der Waals surface area contributed by atoms with Gasteiger partial charge in [0, 0.05) is 18.5 Å². The average molecular weight is 416 g/mol. The molecular weight excluding hydrogens is 390 g/mol. The molecule has 6 nitrogen and oxygen atoms in total. The van der Waals surface area contributed by atoms with Gasteiger partial charge in [0.2, 0.25) is 5.91 Å². The summed E-state index contributed by atoms with van der Waals surface area (Å²) in [4.78, 5) is 14.8. The molecule has 0 radical (unpaired) electrons. The Kier molecular flexibility index (Phi) is 5.50. The number of amides is 1. The van der Waals surface area contributed by atoms with Gasteiger partial charge in [-0.15, -0.1) is 0 Å². The molecule has 2 aliphatic carbocycles. The van der Waals surface area contributed by atoms with Crippen molar-refractivity contribution in [3.05, 3.63) is 54.1 Å². The number of hydrogen-bond donors (Lipinski definition) is 0. The van der Waals surface area contributed by atoms with Crippen molar-refractivity contribution in [3.63, 3.8) is 0 Å². The molecule has 0 aromatic heterocycles. The maximum atomic E-state index is 12.8. The Balaban J connectivity index is 1.48. The highest BCUT2D eigenvalue weighted by molar-refractivity contribution is 7.87. The van der Waals surface area contributed by atoms with E-state index in [-0.39, 0.29) is 22.5 Å². The van der Waals surface area contributed by atoms with Gasteiger partial charge in [-0.05, 0) is 67.6 Å². The average Bonchev–Trinajstić information content (AvgIpc) is 3.50. The third-order valence-corrected chi connectivity index (χ3v) is 6.79. The van der Waals surface area contributed by atoms with Gasteiger partial charge in [0.15, 0.2) is 0 Å². The van der Waals surface area contributed by atoms with Crippen LogP contribution in [0.25, 0.3) is 0 Å². The number of hydrogen-bond acceptors (Lipinski definition) is 5. The molecule has 2 aromatic rings. The van der Waals surface area contributed by atoms with Gasteiger partial charge in [0.25, 0.3) is 0 Å². The van der Waals surface area contributed by atoms with E-state index in [0.29, 0.717) is 18.3 Å². The molecule has 2 fully saturated rings. The van der Waals surface area contributed by atoms with Crippen LogP contribution in [0.4, 0.5) is 0 Å². The molecule has 0 heterocycles. The Hall–Kier alpha value is -2.54. The van der Waals surface area contributed by atoms with Crippen molar-refractivity contribution in [1.82, 2.24) is 4.90 Å². The number of carbonyl (C=O) groups excluding carboxylic acids is 1. The van der Waals surface area contributed by atoms with E-state index in [9.17, 15) is 13.2 Å². The zero-order valence-corrected chi connectivity index (χ0v) is 17.2. The van der Waals surface area contributed by atoms with E-state index in [1.54, 1.807) is 30.3 Å². The lowest BCUT2D eigenvalue weighted by Crippen LogP contribution is -2.39. The minimum atomic E-state index is -3.95. The molecule has 2 aromatic carbocycles. The quantitative estimate of drug-likeness (QED) is 0.614. The summed E-state index contributed by atoms with van der Waals surface area (Å²) in [6, 6.07) is 13.3. The second-order valence-corrected chi connectivity index (χ2v) is 9.23. The molecule has 2 aliphatic rings. The van der Waals surface area contributed by atoms with E-state index in [2.05, 4.69) is 0 Å². The summed E-state index contributed by atoms with van der Waals surface area (Å²) in [5.74, 6) is 1.20. The van der Waals surface area contributed by atoms with Gasteiger partial charge in [-0.2, -0.15) is 8.42 Å². The lowest BCUT2D eigenvalue weighted by molar-refractivity contribution is -0.139. The lowest BCUT2D eigenvalue weighted by Gasteiger charge is -2.32. The maximum Gasteiger partial charge on any atom is 0.339 e. The molecule has 2 saturated carbocycles. The van der Waals surface area contributed by atoms with Crippen molar-refractivity contribution in [2.75, 3.05) is 7.11 Å². The van der Waals surface area contributed by atoms with Gasteiger partial charge in [-0.25, -0.2) is 0 Å². The van der Waals surface area contributed by atoms with E-state index < -0.39 is 10.1 Å². The number of methoxy groups -OCH3 is 1. The smallest absolute Gasteiger partial charge is 0.339 e. The van der Waals surface area contributed by atoms with Crippen LogP contribution < -0.4 is 8.92 Å². The van der Waals surface area contributed by atoms with E-state index in [1.807, 2.05) is 11.0 Å². The SMILES string of the molecule is COc1ccc(S(=O)(=O)Oc2cccc(CN(C(=O)C3CCC3)C3CC3)c2)cc1. The fraction of sp³-hybridized carbons (Fsp3) is 0.409. The fourth-order valence-corrected chi connectivity index (χ4v) is 4.40. The zero-order chi connectivity index (χ0) is 20.4. The maximum absolute atomic E-state index is 12.8. The first-order chi connectivity index (χ1) is 14.0. The summed E-state index contributed by atoms with van der Waals surface area (Å²) >= 11 is 0. The first-order valence-electron chi connectivity index (χ1n) is 9.94. The first kappa shape index (κ1) is 19.8. The molecule has 0 aliphatic heterocycles. The van der Waals surface area contributed by atoms with Gasteiger partial charge in [0.05, 0.1) is 7.11 Å². The lowest BCUT2D eigenvalue weighted by atomic mass is 9.84. The van der Waals surface area contributed by atoms with Gasteiger partial charge in [-0.1, -0.05) is 18.6 Å². The molecule has 154 valence electrons. The van der Waals surface area contributed by atoms with Crippen LogP contribution in [0.5, 0.6) is 11.5 Å². The van der Waals surface area contributed by atoms with E-state index in [0.717, 1.165) is 37.7 Å². The fourth-order valence-electron chi connectivity index (χ4n) is 3.47. The van der Waals surface area contributed by atoms with E-state index in [1.165, 1.54) is 19.2 Å². The second kappa shape index (κ2) is 8.06. The molecule has 1 amide bonds. The molecule has 0 atom stereocenters. The normalized spacial score (nSPS) is 16.7. The number of rotatable bonds is 8. The zero-order valence-electron chi connectivity index (χ0n) is 16.4. The van der Waals surface area contributed by atoms with Crippen LogP contribution >= 0.6 is 0 Å². The summed E-state index contributed by atoms with van der Waals surface area (Å²) in [6.07, 6.45) is 5.17. The van der Waals surface area contributed by atoms with Crippen molar-refractivity contribution in [3.8, 4) is 11.5 Å². The molecule has 0 saturated heterocycles. The number of benzene rings is 2. The first-order valence-corrected chi connectivity index (χ1v) is 11.3. The minimum Gasteiger partial charge on any atom is -0.497 e. The molecule has 4 rings (SSSR count). The van der Waals surface area contributed by atoms with Crippen molar-refractivity contribution in [2.24, 2.45) is 5.92 Å². The number of nitrogens with zero attached hydrogens (tertiary/aromatic N) is 1. The highest BCUT2D eigenvalue weighted by Crippen LogP contribution is 2.35. The van der Waals surface area contributed by atoms with Gasteiger partial charge in [0.1, 0.15) is 16.4 Å². The van der Waals surface area contributed by atoms with Crippen LogP contribution in [-0.4, -0.2) is 32.4 Å². The van der Waals surface area contributed by atoms with Gasteiger partial charge in [-0.3, -0.25) is 4.79 Å². The van der Waals surface area contributed by atoms with Crippen LogP contribution in [0.3, 0.4) is 0 Å². The van der Waals surface area contributed by atoms with E-state index in [4.69, 9.17) is 8.92 Å². The molecule has 0 N–H and O–H groups in total. The second-order valence-electron chi connectivity index (χ2n) is 7.69. The monoisotopic (exact) mass is 415 g/mol. The molecule has 0 spiro atoms. The highest BCUT2D eigenvalue weighted by atomic mass is 32.2. The van der Waals surface area contributed by atoms with Crippen LogP contribution in [0.15, 0.2) is 53.4 Å². The Morgan fingerprint density at radius 1 is 1.03 bits per heavy atom. The Labute approximate surface area is 171 Å². The van der Waals surface area contributed by atoms with Crippen LogP contribution in [-0.2, 0) is 21.5 Å². The van der Waals surface area contributed by atoms with Gasteiger partial charge < -0.3 is 13.8 Å². The Bertz CT molecular complexity index is 979. The van der Waals surface area contributed by atoms with Crippen molar-refractivity contribution in [1.29, 1.82) is 0 Å². The van der Waals surface area contributed by atoms with Gasteiger partial charge >= 0.3 is 10.1 Å².